The Morgan fingerprint density at radius 2 is 1.52 bits per heavy atom. The summed E-state index contributed by atoms with van der Waals surface area (Å²) in [7, 11) is 0. The smallest absolute Gasteiger partial charge is 0.303 e. The Hall–Kier alpha value is -2.41. The van der Waals surface area contributed by atoms with E-state index in [0.717, 1.165) is 5.56 Å². The van der Waals surface area contributed by atoms with Gasteiger partial charge in [-0.3, -0.25) is 14.4 Å². The van der Waals surface area contributed by atoms with Crippen LogP contribution in [0.2, 0.25) is 0 Å². The van der Waals surface area contributed by atoms with E-state index in [4.69, 9.17) is 18.9 Å². The third-order valence-electron chi connectivity index (χ3n) is 4.29. The number of hydrogen-bond acceptors (Lipinski definition) is 7. The molecule has 0 unspecified atom stereocenters. The fourth-order valence-electron chi connectivity index (χ4n) is 3.35. The van der Waals surface area contributed by atoms with Gasteiger partial charge in [0.2, 0.25) is 0 Å². The number of benzene rings is 1. The van der Waals surface area contributed by atoms with E-state index in [0.29, 0.717) is 13.0 Å². The zero-order valence-electron chi connectivity index (χ0n) is 15.9. The Balaban J connectivity index is 2.08. The first-order valence-electron chi connectivity index (χ1n) is 8.98. The van der Waals surface area contributed by atoms with Gasteiger partial charge >= 0.3 is 17.9 Å². The maximum atomic E-state index is 11.6. The highest BCUT2D eigenvalue weighted by Crippen LogP contribution is 2.32. The second-order valence-electron chi connectivity index (χ2n) is 6.69. The van der Waals surface area contributed by atoms with Crippen molar-refractivity contribution in [3.63, 3.8) is 0 Å². The van der Waals surface area contributed by atoms with Crippen LogP contribution in [0.15, 0.2) is 30.3 Å². The van der Waals surface area contributed by atoms with Gasteiger partial charge in [-0.1, -0.05) is 30.3 Å². The molecule has 4 atom stereocenters. The highest BCUT2D eigenvalue weighted by Gasteiger charge is 2.43. The number of ether oxygens (including phenoxy) is 4. The average molecular weight is 378 g/mol. The number of rotatable bonds is 7. The molecule has 1 aromatic rings. The predicted molar refractivity (Wildman–Crippen MR) is 95.5 cm³/mol. The molecular formula is C20H26O7. The maximum Gasteiger partial charge on any atom is 0.303 e. The number of hydrogen-bond donors (Lipinski definition) is 0. The van der Waals surface area contributed by atoms with Crippen molar-refractivity contribution in [1.29, 1.82) is 0 Å². The van der Waals surface area contributed by atoms with Gasteiger partial charge in [-0.05, 0) is 12.0 Å². The molecule has 0 spiro atoms. The normalized spacial score (nSPS) is 24.7. The molecule has 1 aliphatic carbocycles. The summed E-state index contributed by atoms with van der Waals surface area (Å²) in [5.74, 6) is -1.61. The predicted octanol–water partition coefficient (Wildman–Crippen LogP) is 2.41. The second kappa shape index (κ2) is 10.1. The van der Waals surface area contributed by atoms with E-state index in [1.54, 1.807) is 0 Å². The molecule has 0 radical (unpaired) electrons. The molecule has 0 saturated heterocycles. The zero-order valence-corrected chi connectivity index (χ0v) is 15.9. The summed E-state index contributed by atoms with van der Waals surface area (Å²) in [6, 6.07) is 9.68. The van der Waals surface area contributed by atoms with Crippen LogP contribution in [-0.2, 0) is 39.9 Å². The Labute approximate surface area is 158 Å². The highest BCUT2D eigenvalue weighted by molar-refractivity contribution is 5.67. The van der Waals surface area contributed by atoms with Crippen molar-refractivity contribution in [2.75, 3.05) is 6.61 Å². The fraction of sp³-hybridized carbons (Fsp3) is 0.550. The lowest BCUT2D eigenvalue weighted by atomic mass is 9.82. The van der Waals surface area contributed by atoms with Gasteiger partial charge in [0.25, 0.3) is 0 Å². The molecule has 1 aromatic carbocycles. The lowest BCUT2D eigenvalue weighted by Crippen LogP contribution is -2.49. The van der Waals surface area contributed by atoms with E-state index >= 15 is 0 Å². The van der Waals surface area contributed by atoms with Gasteiger partial charge < -0.3 is 18.9 Å². The summed E-state index contributed by atoms with van der Waals surface area (Å²) in [6.07, 6.45) is -1.01. The largest absolute Gasteiger partial charge is 0.462 e. The summed E-state index contributed by atoms with van der Waals surface area (Å²) in [5.41, 5.74) is 1.02. The molecule has 148 valence electrons. The minimum Gasteiger partial charge on any atom is -0.462 e. The van der Waals surface area contributed by atoms with E-state index < -0.39 is 36.2 Å². The van der Waals surface area contributed by atoms with Crippen LogP contribution in [0.1, 0.15) is 39.2 Å². The van der Waals surface area contributed by atoms with Gasteiger partial charge in [0.15, 0.2) is 0 Å². The fourth-order valence-corrected chi connectivity index (χ4v) is 3.35. The molecule has 27 heavy (non-hydrogen) atoms. The van der Waals surface area contributed by atoms with Crippen molar-refractivity contribution in [3.05, 3.63) is 35.9 Å². The molecule has 2 rings (SSSR count). The first-order chi connectivity index (χ1) is 12.8. The highest BCUT2D eigenvalue weighted by atomic mass is 16.6. The molecule has 0 N–H and O–H groups in total. The Bertz CT molecular complexity index is 643. The van der Waals surface area contributed by atoms with Gasteiger partial charge in [0.1, 0.15) is 18.3 Å². The molecule has 0 amide bonds. The molecule has 1 saturated carbocycles. The van der Waals surface area contributed by atoms with Gasteiger partial charge in [-0.15, -0.1) is 0 Å². The summed E-state index contributed by atoms with van der Waals surface area (Å²) >= 11 is 0. The van der Waals surface area contributed by atoms with Gasteiger partial charge in [0.05, 0.1) is 13.2 Å². The van der Waals surface area contributed by atoms with E-state index in [-0.39, 0.29) is 18.9 Å². The molecular weight excluding hydrogens is 352 g/mol. The molecule has 1 aliphatic rings. The third kappa shape index (κ3) is 7.02. The van der Waals surface area contributed by atoms with E-state index in [9.17, 15) is 14.4 Å². The summed E-state index contributed by atoms with van der Waals surface area (Å²) < 4.78 is 21.9. The molecule has 1 fully saturated rings. The first kappa shape index (κ1) is 20.9. The average Bonchev–Trinajstić information content (AvgIpc) is 2.57. The van der Waals surface area contributed by atoms with Crippen molar-refractivity contribution < 1.29 is 33.3 Å². The molecule has 0 aromatic heterocycles. The van der Waals surface area contributed by atoms with Gasteiger partial charge in [0, 0.05) is 33.1 Å². The Morgan fingerprint density at radius 3 is 2.11 bits per heavy atom. The summed E-state index contributed by atoms with van der Waals surface area (Å²) in [5, 5.41) is 0. The van der Waals surface area contributed by atoms with Crippen molar-refractivity contribution in [2.24, 2.45) is 5.92 Å². The lowest BCUT2D eigenvalue weighted by Gasteiger charge is -2.39. The van der Waals surface area contributed by atoms with Crippen LogP contribution in [0.3, 0.4) is 0 Å². The van der Waals surface area contributed by atoms with Crippen molar-refractivity contribution in [1.82, 2.24) is 0 Å². The third-order valence-corrected chi connectivity index (χ3v) is 4.29. The minimum atomic E-state index is -0.685. The van der Waals surface area contributed by atoms with Crippen molar-refractivity contribution >= 4 is 17.9 Å². The first-order valence-corrected chi connectivity index (χ1v) is 8.98. The molecule has 0 bridgehead atoms. The van der Waals surface area contributed by atoms with Gasteiger partial charge in [-0.25, -0.2) is 0 Å². The molecule has 7 nitrogen and oxygen atoms in total. The zero-order chi connectivity index (χ0) is 19.8. The summed E-state index contributed by atoms with van der Waals surface area (Å²) in [4.78, 5) is 34.4. The van der Waals surface area contributed by atoms with Crippen molar-refractivity contribution in [3.8, 4) is 0 Å². The van der Waals surface area contributed by atoms with E-state index in [1.165, 1.54) is 20.8 Å². The SMILES string of the molecule is CC(=O)O[C@H]1C[C@H](COCc2ccccc2)[C@@H](OC(C)=O)[C@@H](OC(C)=O)C1. The molecule has 0 heterocycles. The number of esters is 3. The van der Waals surface area contributed by atoms with Crippen LogP contribution < -0.4 is 0 Å². The quantitative estimate of drug-likeness (QED) is 0.532. The minimum absolute atomic E-state index is 0.264. The topological polar surface area (TPSA) is 88.1 Å². The summed E-state index contributed by atoms with van der Waals surface area (Å²) in [6.45, 7) is 4.62. The van der Waals surface area contributed by atoms with Crippen LogP contribution >= 0.6 is 0 Å². The van der Waals surface area contributed by atoms with Crippen molar-refractivity contribution in [2.45, 2.75) is 58.5 Å². The monoisotopic (exact) mass is 378 g/mol. The Kier molecular flexibility index (Phi) is 7.79. The molecule has 0 aliphatic heterocycles. The number of carbonyl (C=O) groups excluding carboxylic acids is 3. The van der Waals surface area contributed by atoms with Gasteiger partial charge in [-0.2, -0.15) is 0 Å². The molecule has 7 heteroatoms. The standard InChI is InChI=1S/C20H26O7/c1-13(21)25-18-9-17(12-24-11-16-7-5-4-6-8-16)20(27-15(3)23)19(10-18)26-14(2)22/h4-8,17-20H,9-12H2,1-3H3/t17-,18+,19+,20-/m1/s1. The van der Waals surface area contributed by atoms with Crippen LogP contribution in [0.4, 0.5) is 0 Å². The number of carbonyl (C=O) groups is 3. The lowest BCUT2D eigenvalue weighted by molar-refractivity contribution is -0.188. The second-order valence-corrected chi connectivity index (χ2v) is 6.69. The van der Waals surface area contributed by atoms with E-state index in [1.807, 2.05) is 30.3 Å². The maximum absolute atomic E-state index is 11.6. The van der Waals surface area contributed by atoms with Crippen LogP contribution in [0, 0.1) is 5.92 Å². The Morgan fingerprint density at radius 1 is 0.889 bits per heavy atom. The van der Waals surface area contributed by atoms with E-state index in [2.05, 4.69) is 0 Å². The van der Waals surface area contributed by atoms with Crippen LogP contribution in [0.5, 0.6) is 0 Å². The van der Waals surface area contributed by atoms with Crippen LogP contribution in [-0.4, -0.2) is 42.8 Å². The van der Waals surface area contributed by atoms with Crippen LogP contribution in [0.25, 0.3) is 0 Å².